The molecule has 1 heterocycles. The van der Waals surface area contributed by atoms with E-state index in [1.54, 1.807) is 44.6 Å². The molecular formula is C24H20N2O4. The number of benzene rings is 3. The van der Waals surface area contributed by atoms with E-state index in [9.17, 15) is 9.90 Å². The number of carbonyl (C=O) groups excluding carboxylic acids is 1. The molecule has 0 bridgehead atoms. The second-order valence-electron chi connectivity index (χ2n) is 6.62. The number of ether oxygens (including phenoxy) is 2. The van der Waals surface area contributed by atoms with Crippen molar-refractivity contribution < 1.29 is 19.4 Å². The van der Waals surface area contributed by atoms with Crippen molar-refractivity contribution in [1.82, 2.24) is 0 Å². The Balaban J connectivity index is 1.77. The van der Waals surface area contributed by atoms with Crippen LogP contribution in [0.4, 0.5) is 5.69 Å². The van der Waals surface area contributed by atoms with Crippen LogP contribution in [0.1, 0.15) is 11.1 Å². The average Bonchev–Trinajstić information content (AvgIpc) is 3.11. The number of hydrogen-bond acceptors (Lipinski definition) is 5. The lowest BCUT2D eigenvalue weighted by atomic mass is 10.1. The van der Waals surface area contributed by atoms with E-state index >= 15 is 0 Å². The third-order valence-corrected chi connectivity index (χ3v) is 4.74. The maximum absolute atomic E-state index is 13.3. The first kappa shape index (κ1) is 19.3. The van der Waals surface area contributed by atoms with Gasteiger partial charge < -0.3 is 14.6 Å². The smallest absolute Gasteiger partial charge is 0.282 e. The molecule has 3 aromatic carbocycles. The number of aromatic hydroxyl groups is 1. The maximum Gasteiger partial charge on any atom is 0.282 e. The fraction of sp³-hybridized carbons (Fsp3) is 0.0833. The van der Waals surface area contributed by atoms with Crippen LogP contribution in [-0.2, 0) is 4.79 Å². The number of phenols is 1. The number of rotatable bonds is 5. The van der Waals surface area contributed by atoms with Crippen molar-refractivity contribution in [2.24, 2.45) is 4.99 Å². The van der Waals surface area contributed by atoms with E-state index in [1.807, 2.05) is 48.5 Å². The van der Waals surface area contributed by atoms with Crippen LogP contribution in [0.3, 0.4) is 0 Å². The molecule has 0 saturated carbocycles. The van der Waals surface area contributed by atoms with Gasteiger partial charge in [-0.25, -0.2) is 4.99 Å². The minimum Gasteiger partial charge on any atom is -0.508 e. The van der Waals surface area contributed by atoms with Crippen molar-refractivity contribution in [3.63, 3.8) is 0 Å². The molecule has 6 heteroatoms. The molecule has 0 atom stereocenters. The Kier molecular flexibility index (Phi) is 5.22. The van der Waals surface area contributed by atoms with Crippen LogP contribution in [0, 0.1) is 0 Å². The van der Waals surface area contributed by atoms with Gasteiger partial charge in [0.1, 0.15) is 28.8 Å². The van der Waals surface area contributed by atoms with Crippen LogP contribution in [0.15, 0.2) is 83.5 Å². The summed E-state index contributed by atoms with van der Waals surface area (Å²) in [5.74, 6) is 1.84. The minimum atomic E-state index is -0.248. The van der Waals surface area contributed by atoms with E-state index in [1.165, 1.54) is 4.90 Å². The lowest BCUT2D eigenvalue weighted by molar-refractivity contribution is -0.113. The van der Waals surface area contributed by atoms with Crippen molar-refractivity contribution >= 4 is 23.5 Å². The average molecular weight is 400 g/mol. The number of nitrogens with zero attached hydrogens (tertiary/aromatic N) is 2. The zero-order valence-electron chi connectivity index (χ0n) is 16.6. The predicted octanol–water partition coefficient (Wildman–Crippen LogP) is 4.24. The van der Waals surface area contributed by atoms with E-state index in [4.69, 9.17) is 9.47 Å². The highest BCUT2D eigenvalue weighted by Crippen LogP contribution is 2.29. The van der Waals surface area contributed by atoms with Gasteiger partial charge in [-0.15, -0.1) is 0 Å². The second-order valence-corrected chi connectivity index (χ2v) is 6.62. The first-order valence-electron chi connectivity index (χ1n) is 9.31. The monoisotopic (exact) mass is 400 g/mol. The molecule has 150 valence electrons. The predicted molar refractivity (Wildman–Crippen MR) is 116 cm³/mol. The van der Waals surface area contributed by atoms with Gasteiger partial charge >= 0.3 is 0 Å². The van der Waals surface area contributed by atoms with Crippen molar-refractivity contribution in [3.8, 4) is 17.2 Å². The van der Waals surface area contributed by atoms with Gasteiger partial charge in [-0.2, -0.15) is 0 Å². The summed E-state index contributed by atoms with van der Waals surface area (Å²) in [5, 5.41) is 9.63. The number of amides is 1. The number of hydrogen-bond donors (Lipinski definition) is 1. The molecule has 0 radical (unpaired) electrons. The van der Waals surface area contributed by atoms with Gasteiger partial charge in [0.15, 0.2) is 0 Å². The normalized spacial score (nSPS) is 14.7. The lowest BCUT2D eigenvalue weighted by Crippen LogP contribution is -2.32. The molecule has 4 rings (SSSR count). The summed E-state index contributed by atoms with van der Waals surface area (Å²) in [6.07, 6.45) is 1.74. The first-order chi connectivity index (χ1) is 14.6. The molecule has 0 spiro atoms. The summed E-state index contributed by atoms with van der Waals surface area (Å²) < 4.78 is 10.4. The number of aliphatic imine (C=N–C) groups is 1. The molecule has 0 unspecified atom stereocenters. The maximum atomic E-state index is 13.3. The highest BCUT2D eigenvalue weighted by molar-refractivity contribution is 6.33. The highest BCUT2D eigenvalue weighted by atomic mass is 16.5. The second kappa shape index (κ2) is 8.13. The SMILES string of the molecule is COc1ccc(/C=C2/N=C(c3ccc(OC)cc3)N(c3ccc(O)cc3)C2=O)cc1. The van der Waals surface area contributed by atoms with Crippen LogP contribution in [0.2, 0.25) is 0 Å². The van der Waals surface area contributed by atoms with E-state index in [-0.39, 0.29) is 11.7 Å². The molecule has 30 heavy (non-hydrogen) atoms. The van der Waals surface area contributed by atoms with Gasteiger partial charge in [0.05, 0.1) is 19.9 Å². The molecule has 0 saturated heterocycles. The van der Waals surface area contributed by atoms with Crippen LogP contribution >= 0.6 is 0 Å². The van der Waals surface area contributed by atoms with Crippen LogP contribution in [0.25, 0.3) is 6.08 Å². The van der Waals surface area contributed by atoms with Crippen LogP contribution in [0.5, 0.6) is 17.2 Å². The largest absolute Gasteiger partial charge is 0.508 e. The molecule has 1 aliphatic rings. The highest BCUT2D eigenvalue weighted by Gasteiger charge is 2.32. The van der Waals surface area contributed by atoms with Gasteiger partial charge in [0.25, 0.3) is 5.91 Å². The zero-order valence-corrected chi connectivity index (χ0v) is 16.6. The number of carbonyl (C=O) groups is 1. The summed E-state index contributed by atoms with van der Waals surface area (Å²) in [5.41, 5.74) is 2.55. The Bertz CT molecular complexity index is 1120. The summed E-state index contributed by atoms with van der Waals surface area (Å²) in [7, 11) is 3.21. The van der Waals surface area contributed by atoms with Crippen LogP contribution in [-0.4, -0.2) is 31.1 Å². The fourth-order valence-electron chi connectivity index (χ4n) is 3.15. The van der Waals surface area contributed by atoms with Crippen molar-refractivity contribution in [1.29, 1.82) is 0 Å². The molecule has 3 aromatic rings. The molecule has 1 N–H and O–H groups in total. The summed E-state index contributed by atoms with van der Waals surface area (Å²) in [4.78, 5) is 19.4. The Labute approximate surface area is 174 Å². The third kappa shape index (κ3) is 3.75. The zero-order chi connectivity index (χ0) is 21.1. The number of methoxy groups -OCH3 is 2. The molecule has 0 aromatic heterocycles. The Hall–Kier alpha value is -4.06. The van der Waals surface area contributed by atoms with Crippen molar-refractivity contribution in [2.45, 2.75) is 0 Å². The summed E-state index contributed by atoms with van der Waals surface area (Å²) >= 11 is 0. The van der Waals surface area contributed by atoms with Gasteiger partial charge in [-0.1, -0.05) is 12.1 Å². The van der Waals surface area contributed by atoms with E-state index in [2.05, 4.69) is 4.99 Å². The van der Waals surface area contributed by atoms with Gasteiger partial charge in [-0.05, 0) is 72.3 Å². The Morgan fingerprint density at radius 2 is 1.40 bits per heavy atom. The fourth-order valence-corrected chi connectivity index (χ4v) is 3.15. The molecular weight excluding hydrogens is 380 g/mol. The van der Waals surface area contributed by atoms with Crippen molar-refractivity contribution in [2.75, 3.05) is 19.1 Å². The van der Waals surface area contributed by atoms with Gasteiger partial charge in [-0.3, -0.25) is 9.69 Å². The first-order valence-corrected chi connectivity index (χ1v) is 9.31. The minimum absolute atomic E-state index is 0.127. The molecule has 0 fully saturated rings. The molecule has 0 aliphatic carbocycles. The van der Waals surface area contributed by atoms with E-state index in [0.29, 0.717) is 23.0 Å². The van der Waals surface area contributed by atoms with E-state index in [0.717, 1.165) is 16.9 Å². The molecule has 1 amide bonds. The van der Waals surface area contributed by atoms with Crippen LogP contribution < -0.4 is 14.4 Å². The van der Waals surface area contributed by atoms with Gasteiger partial charge in [0.2, 0.25) is 0 Å². The summed E-state index contributed by atoms with van der Waals surface area (Å²) in [6, 6.07) is 21.2. The Morgan fingerprint density at radius 1 is 0.833 bits per heavy atom. The number of amidine groups is 1. The summed E-state index contributed by atoms with van der Waals surface area (Å²) in [6.45, 7) is 0. The topological polar surface area (TPSA) is 71.4 Å². The lowest BCUT2D eigenvalue weighted by Gasteiger charge is -2.18. The van der Waals surface area contributed by atoms with Crippen molar-refractivity contribution in [3.05, 3.63) is 89.6 Å². The molecule has 1 aliphatic heterocycles. The number of phenolic OH excluding ortho intramolecular Hbond substituents is 1. The van der Waals surface area contributed by atoms with Gasteiger partial charge in [0, 0.05) is 5.56 Å². The molecule has 6 nitrogen and oxygen atoms in total. The standard InChI is InChI=1S/C24H20N2O4/c1-29-20-11-3-16(4-12-20)15-22-24(28)26(18-7-9-19(27)10-8-18)23(25-22)17-5-13-21(30-2)14-6-17/h3-15,27H,1-2H3/b22-15+. The Morgan fingerprint density at radius 3 is 1.97 bits per heavy atom. The third-order valence-electron chi connectivity index (χ3n) is 4.74. The quantitative estimate of drug-likeness (QED) is 0.650. The van der Waals surface area contributed by atoms with E-state index < -0.39 is 0 Å². The number of anilines is 1.